The van der Waals surface area contributed by atoms with Gasteiger partial charge in [0.05, 0.1) is 24.7 Å². The van der Waals surface area contributed by atoms with Gasteiger partial charge in [-0.05, 0) is 31.5 Å². The van der Waals surface area contributed by atoms with Crippen LogP contribution in [0.2, 0.25) is 0 Å². The van der Waals surface area contributed by atoms with E-state index in [1.54, 1.807) is 23.1 Å². The molecule has 0 saturated carbocycles. The van der Waals surface area contributed by atoms with E-state index in [-0.39, 0.29) is 42.6 Å². The molecular weight excluding hydrogens is 353 g/mol. The predicted molar refractivity (Wildman–Crippen MR) is 97.6 cm³/mol. The van der Waals surface area contributed by atoms with Gasteiger partial charge in [0.15, 0.2) is 0 Å². The summed E-state index contributed by atoms with van der Waals surface area (Å²) in [5.41, 5.74) is 0.836. The van der Waals surface area contributed by atoms with Crippen molar-refractivity contribution in [3.8, 4) is 0 Å². The van der Waals surface area contributed by atoms with Crippen LogP contribution in [0.4, 0.5) is 4.39 Å². The summed E-state index contributed by atoms with van der Waals surface area (Å²) in [5.74, 6) is -1.68. The lowest BCUT2D eigenvalue weighted by Crippen LogP contribution is -2.39. The van der Waals surface area contributed by atoms with E-state index in [0.717, 1.165) is 5.56 Å². The molecule has 1 fully saturated rings. The zero-order valence-corrected chi connectivity index (χ0v) is 15.5. The number of carboxylic acids is 1. The lowest BCUT2D eigenvalue weighted by Gasteiger charge is -2.29. The Labute approximate surface area is 157 Å². The number of halogens is 1. The summed E-state index contributed by atoms with van der Waals surface area (Å²) in [6.07, 6.45) is 0.767. The average molecular weight is 379 g/mol. The van der Waals surface area contributed by atoms with Gasteiger partial charge in [-0.3, -0.25) is 9.59 Å². The molecule has 3 N–H and O–H groups in total. The highest BCUT2D eigenvalue weighted by Crippen LogP contribution is 2.36. The molecule has 7 heteroatoms. The van der Waals surface area contributed by atoms with Crippen LogP contribution in [0.25, 0.3) is 0 Å². The Bertz CT molecular complexity index is 688. The minimum atomic E-state index is -1.15. The van der Waals surface area contributed by atoms with Crippen LogP contribution in [-0.2, 0) is 9.59 Å². The molecule has 1 amide bonds. The van der Waals surface area contributed by atoms with E-state index < -0.39 is 24.6 Å². The summed E-state index contributed by atoms with van der Waals surface area (Å²) in [7, 11) is 0. The third-order valence-corrected chi connectivity index (χ3v) is 4.72. The minimum absolute atomic E-state index is 0.0191. The number of hydrogen-bond acceptors (Lipinski definition) is 4. The Balaban J connectivity index is 2.17. The summed E-state index contributed by atoms with van der Waals surface area (Å²) < 4.78 is 13.2. The van der Waals surface area contributed by atoms with Gasteiger partial charge >= 0.3 is 5.97 Å². The first-order valence-corrected chi connectivity index (χ1v) is 9.02. The Hall–Kier alpha value is -2.25. The van der Waals surface area contributed by atoms with Gasteiger partial charge in [0.25, 0.3) is 0 Å². The standard InChI is InChI=1S/C20H26FNO5/c1-12(2)22-18(8-7-15(23)9-16(24)10-20(26)27)17(11-19(22)25)13-3-5-14(21)6-4-13/h3-8,12,15-18,23-24H,9-11H2,1-2H3,(H,26,27)/t15-,16-,17+,18-/m1/s1. The zero-order chi connectivity index (χ0) is 20.1. The number of carbonyl (C=O) groups excluding carboxylic acids is 1. The van der Waals surface area contributed by atoms with Gasteiger partial charge in [0, 0.05) is 24.8 Å². The van der Waals surface area contributed by atoms with Gasteiger partial charge in [-0.1, -0.05) is 24.3 Å². The second kappa shape index (κ2) is 9.10. The summed E-state index contributed by atoms with van der Waals surface area (Å²) >= 11 is 0. The number of likely N-dealkylation sites (tertiary alicyclic amines) is 1. The molecule has 0 radical (unpaired) electrons. The lowest BCUT2D eigenvalue weighted by molar-refractivity contribution is -0.139. The molecule has 1 saturated heterocycles. The second-order valence-electron chi connectivity index (χ2n) is 7.19. The van der Waals surface area contributed by atoms with Crippen molar-refractivity contribution in [1.29, 1.82) is 0 Å². The first kappa shape index (κ1) is 21.1. The number of aliphatic carboxylic acids is 1. The van der Waals surface area contributed by atoms with Gasteiger partial charge < -0.3 is 20.2 Å². The largest absolute Gasteiger partial charge is 0.481 e. The summed E-state index contributed by atoms with van der Waals surface area (Å²) in [6.45, 7) is 3.80. The van der Waals surface area contributed by atoms with E-state index in [1.165, 1.54) is 18.2 Å². The zero-order valence-electron chi connectivity index (χ0n) is 15.5. The number of aliphatic hydroxyl groups excluding tert-OH is 2. The molecule has 0 aliphatic carbocycles. The lowest BCUT2D eigenvalue weighted by atomic mass is 9.90. The molecule has 27 heavy (non-hydrogen) atoms. The van der Waals surface area contributed by atoms with E-state index in [4.69, 9.17) is 5.11 Å². The third-order valence-electron chi connectivity index (χ3n) is 4.72. The quantitative estimate of drug-likeness (QED) is 0.601. The molecule has 4 atom stereocenters. The molecule has 0 aromatic heterocycles. The van der Waals surface area contributed by atoms with Crippen LogP contribution < -0.4 is 0 Å². The molecule has 0 spiro atoms. The molecule has 0 bridgehead atoms. The van der Waals surface area contributed by atoms with E-state index in [9.17, 15) is 24.2 Å². The Kier molecular flexibility index (Phi) is 7.10. The van der Waals surface area contributed by atoms with Crippen LogP contribution in [0.3, 0.4) is 0 Å². The number of aliphatic hydroxyl groups is 2. The predicted octanol–water partition coefficient (Wildman–Crippen LogP) is 2.06. The van der Waals surface area contributed by atoms with Gasteiger partial charge in [-0.15, -0.1) is 0 Å². The van der Waals surface area contributed by atoms with E-state index in [1.807, 2.05) is 13.8 Å². The molecule has 1 aromatic rings. The fourth-order valence-electron chi connectivity index (χ4n) is 3.54. The van der Waals surface area contributed by atoms with Crippen molar-refractivity contribution in [2.45, 2.75) is 63.3 Å². The third kappa shape index (κ3) is 5.61. The van der Waals surface area contributed by atoms with Crippen molar-refractivity contribution in [2.75, 3.05) is 0 Å². The molecule has 1 aromatic carbocycles. The minimum Gasteiger partial charge on any atom is -0.481 e. The summed E-state index contributed by atoms with van der Waals surface area (Å²) in [5, 5.41) is 28.4. The number of rotatable bonds is 8. The molecule has 1 aliphatic rings. The molecule has 2 rings (SSSR count). The molecule has 0 unspecified atom stereocenters. The molecular formula is C20H26FNO5. The fourth-order valence-corrected chi connectivity index (χ4v) is 3.54. The van der Waals surface area contributed by atoms with Crippen molar-refractivity contribution in [1.82, 2.24) is 4.90 Å². The van der Waals surface area contributed by atoms with Crippen molar-refractivity contribution >= 4 is 11.9 Å². The van der Waals surface area contributed by atoms with Crippen molar-refractivity contribution in [2.24, 2.45) is 0 Å². The smallest absolute Gasteiger partial charge is 0.305 e. The number of carbonyl (C=O) groups is 2. The number of nitrogens with zero attached hydrogens (tertiary/aromatic N) is 1. The van der Waals surface area contributed by atoms with Gasteiger partial charge in [0.2, 0.25) is 5.91 Å². The first-order valence-electron chi connectivity index (χ1n) is 9.02. The van der Waals surface area contributed by atoms with Crippen LogP contribution in [0.15, 0.2) is 36.4 Å². The maximum Gasteiger partial charge on any atom is 0.305 e. The Morgan fingerprint density at radius 2 is 1.93 bits per heavy atom. The van der Waals surface area contributed by atoms with Gasteiger partial charge in [-0.2, -0.15) is 0 Å². The second-order valence-corrected chi connectivity index (χ2v) is 7.19. The van der Waals surface area contributed by atoms with Gasteiger partial charge in [-0.25, -0.2) is 4.39 Å². The highest BCUT2D eigenvalue weighted by atomic mass is 19.1. The SMILES string of the molecule is CC(C)N1C(=O)C[C@@H](c2ccc(F)cc2)[C@H]1C=C[C@@H](O)C[C@@H](O)CC(=O)O. The van der Waals surface area contributed by atoms with Crippen LogP contribution in [0.1, 0.15) is 44.6 Å². The van der Waals surface area contributed by atoms with E-state index in [2.05, 4.69) is 0 Å². The first-order chi connectivity index (χ1) is 12.7. The van der Waals surface area contributed by atoms with Crippen LogP contribution >= 0.6 is 0 Å². The Morgan fingerprint density at radius 3 is 2.48 bits per heavy atom. The molecule has 1 heterocycles. The van der Waals surface area contributed by atoms with Crippen molar-refractivity contribution in [3.05, 3.63) is 47.8 Å². The van der Waals surface area contributed by atoms with Gasteiger partial charge in [0.1, 0.15) is 5.82 Å². The molecule has 148 valence electrons. The number of amides is 1. The van der Waals surface area contributed by atoms with Crippen LogP contribution in [0.5, 0.6) is 0 Å². The highest BCUT2D eigenvalue weighted by molar-refractivity contribution is 5.81. The molecule has 6 nitrogen and oxygen atoms in total. The van der Waals surface area contributed by atoms with E-state index >= 15 is 0 Å². The number of carboxylic acid groups (broad SMARTS) is 1. The Morgan fingerprint density at radius 1 is 1.30 bits per heavy atom. The topological polar surface area (TPSA) is 98.1 Å². The highest BCUT2D eigenvalue weighted by Gasteiger charge is 2.40. The summed E-state index contributed by atoms with van der Waals surface area (Å²) in [4.78, 5) is 24.8. The monoisotopic (exact) mass is 379 g/mol. The van der Waals surface area contributed by atoms with E-state index in [0.29, 0.717) is 0 Å². The normalized spacial score (nSPS) is 22.6. The van der Waals surface area contributed by atoms with Crippen LogP contribution in [-0.4, -0.2) is 56.4 Å². The maximum absolute atomic E-state index is 13.2. The van der Waals surface area contributed by atoms with Crippen LogP contribution in [0, 0.1) is 5.82 Å². The average Bonchev–Trinajstić information content (AvgIpc) is 2.89. The number of benzene rings is 1. The maximum atomic E-state index is 13.2. The molecule has 1 aliphatic heterocycles. The number of hydrogen-bond donors (Lipinski definition) is 3. The van der Waals surface area contributed by atoms with Crippen molar-refractivity contribution < 1.29 is 29.3 Å². The fraction of sp³-hybridized carbons (Fsp3) is 0.500. The van der Waals surface area contributed by atoms with Crippen molar-refractivity contribution in [3.63, 3.8) is 0 Å². The summed E-state index contributed by atoms with van der Waals surface area (Å²) in [6, 6.07) is 5.67.